The molecule has 0 saturated carbocycles. The lowest BCUT2D eigenvalue weighted by Gasteiger charge is -2.34. The molecule has 3 rings (SSSR count). The Morgan fingerprint density at radius 2 is 2.00 bits per heavy atom. The van der Waals surface area contributed by atoms with Crippen LogP contribution in [-0.2, 0) is 6.42 Å². The molecule has 2 aromatic rings. The van der Waals surface area contributed by atoms with Crippen LogP contribution in [0.15, 0.2) is 41.4 Å². The van der Waals surface area contributed by atoms with Crippen molar-refractivity contribution < 1.29 is 9.47 Å². The second kappa shape index (κ2) is 12.2. The van der Waals surface area contributed by atoms with E-state index in [1.807, 2.05) is 33.0 Å². The molecular weight excluding hydrogens is 402 g/mol. The van der Waals surface area contributed by atoms with Crippen LogP contribution in [0.2, 0.25) is 0 Å². The van der Waals surface area contributed by atoms with Crippen LogP contribution >= 0.6 is 0 Å². The van der Waals surface area contributed by atoms with E-state index in [1.165, 1.54) is 5.56 Å². The Labute approximate surface area is 192 Å². The van der Waals surface area contributed by atoms with E-state index < -0.39 is 0 Å². The molecule has 0 spiro atoms. The number of nitrogens with zero attached hydrogens (tertiary/aromatic N) is 3. The van der Waals surface area contributed by atoms with Gasteiger partial charge < -0.3 is 25.0 Å². The molecule has 1 fully saturated rings. The minimum atomic E-state index is 0.428. The Morgan fingerprint density at radius 3 is 2.69 bits per heavy atom. The fraction of sp³-hybridized carbons (Fsp3) is 0.520. The monoisotopic (exact) mass is 439 g/mol. The highest BCUT2D eigenvalue weighted by atomic mass is 16.5. The van der Waals surface area contributed by atoms with Crippen molar-refractivity contribution in [3.05, 3.63) is 47.7 Å². The van der Waals surface area contributed by atoms with E-state index >= 15 is 0 Å². The molecule has 0 bridgehead atoms. The predicted octanol–water partition coefficient (Wildman–Crippen LogP) is 3.56. The summed E-state index contributed by atoms with van der Waals surface area (Å²) in [6.45, 7) is 7.53. The first-order chi connectivity index (χ1) is 15.6. The van der Waals surface area contributed by atoms with Gasteiger partial charge in [0.25, 0.3) is 0 Å². The van der Waals surface area contributed by atoms with E-state index in [0.717, 1.165) is 74.3 Å². The van der Waals surface area contributed by atoms with Crippen LogP contribution < -0.4 is 25.0 Å². The second-order valence-electron chi connectivity index (χ2n) is 8.06. The summed E-state index contributed by atoms with van der Waals surface area (Å²) in [5.74, 6) is 3.55. The molecule has 0 radical (unpaired) electrons. The number of aromatic nitrogens is 1. The highest BCUT2D eigenvalue weighted by Crippen LogP contribution is 2.28. The molecule has 0 amide bonds. The smallest absolute Gasteiger partial charge is 0.191 e. The van der Waals surface area contributed by atoms with Crippen molar-refractivity contribution in [1.29, 1.82) is 0 Å². The molecule has 1 saturated heterocycles. The molecule has 7 heteroatoms. The van der Waals surface area contributed by atoms with Crippen LogP contribution in [0.1, 0.15) is 37.4 Å². The van der Waals surface area contributed by atoms with Crippen molar-refractivity contribution in [2.75, 3.05) is 45.3 Å². The molecule has 0 atom stereocenters. The number of hydrogen-bond acceptors (Lipinski definition) is 5. The molecule has 0 unspecified atom stereocenters. The zero-order valence-corrected chi connectivity index (χ0v) is 19.9. The van der Waals surface area contributed by atoms with Gasteiger partial charge in [-0.25, -0.2) is 4.98 Å². The number of nitrogens with one attached hydrogen (secondary N) is 2. The number of aryl methyl sites for hydroxylation is 2. The van der Waals surface area contributed by atoms with Gasteiger partial charge in [0.2, 0.25) is 0 Å². The van der Waals surface area contributed by atoms with Gasteiger partial charge in [-0.3, -0.25) is 4.99 Å². The maximum atomic E-state index is 5.68. The number of hydrogen-bond donors (Lipinski definition) is 2. The van der Waals surface area contributed by atoms with Gasteiger partial charge in [0, 0.05) is 38.4 Å². The van der Waals surface area contributed by atoms with E-state index in [2.05, 4.69) is 49.8 Å². The van der Waals surface area contributed by atoms with E-state index in [9.17, 15) is 0 Å². The van der Waals surface area contributed by atoms with Gasteiger partial charge in [-0.1, -0.05) is 12.1 Å². The van der Waals surface area contributed by atoms with Crippen LogP contribution in [0.4, 0.5) is 5.82 Å². The molecule has 1 aromatic heterocycles. The Bertz CT molecular complexity index is 878. The summed E-state index contributed by atoms with van der Waals surface area (Å²) in [6.07, 6.45) is 4.12. The molecule has 1 aliphatic rings. The predicted molar refractivity (Wildman–Crippen MR) is 131 cm³/mol. The Kier molecular flexibility index (Phi) is 9.01. The van der Waals surface area contributed by atoms with Crippen LogP contribution in [0.5, 0.6) is 11.5 Å². The minimum absolute atomic E-state index is 0.428. The molecule has 2 N–H and O–H groups in total. The minimum Gasteiger partial charge on any atom is -0.493 e. The number of piperidine rings is 1. The lowest BCUT2D eigenvalue weighted by atomic mass is 10.1. The summed E-state index contributed by atoms with van der Waals surface area (Å²) in [7, 11) is 3.50. The van der Waals surface area contributed by atoms with Gasteiger partial charge in [0.1, 0.15) is 5.82 Å². The van der Waals surface area contributed by atoms with Gasteiger partial charge in [-0.15, -0.1) is 0 Å². The molecule has 0 aliphatic carbocycles. The summed E-state index contributed by atoms with van der Waals surface area (Å²) in [6, 6.07) is 12.8. The van der Waals surface area contributed by atoms with Gasteiger partial charge >= 0.3 is 0 Å². The maximum absolute atomic E-state index is 5.68. The molecule has 1 aliphatic heterocycles. The fourth-order valence-corrected chi connectivity index (χ4v) is 3.99. The third-order valence-corrected chi connectivity index (χ3v) is 5.72. The number of pyridine rings is 1. The highest BCUT2D eigenvalue weighted by molar-refractivity contribution is 5.79. The van der Waals surface area contributed by atoms with Crippen LogP contribution in [0.3, 0.4) is 0 Å². The van der Waals surface area contributed by atoms with Crippen LogP contribution in [0.25, 0.3) is 0 Å². The van der Waals surface area contributed by atoms with Crippen molar-refractivity contribution in [3.63, 3.8) is 0 Å². The van der Waals surface area contributed by atoms with Gasteiger partial charge in [-0.2, -0.15) is 0 Å². The summed E-state index contributed by atoms with van der Waals surface area (Å²) in [4.78, 5) is 11.4. The average Bonchev–Trinajstić information content (AvgIpc) is 2.82. The first-order valence-corrected chi connectivity index (χ1v) is 11.6. The van der Waals surface area contributed by atoms with Crippen molar-refractivity contribution in [2.45, 2.75) is 45.6 Å². The summed E-state index contributed by atoms with van der Waals surface area (Å²) < 4.78 is 11.0. The van der Waals surface area contributed by atoms with Gasteiger partial charge in [0.05, 0.1) is 13.7 Å². The first kappa shape index (κ1) is 23.7. The van der Waals surface area contributed by atoms with Crippen LogP contribution in [-0.4, -0.2) is 57.4 Å². The molecular formula is C25H37N5O2. The Balaban J connectivity index is 1.40. The van der Waals surface area contributed by atoms with Gasteiger partial charge in [0.15, 0.2) is 17.5 Å². The van der Waals surface area contributed by atoms with Crippen molar-refractivity contribution in [1.82, 2.24) is 15.6 Å². The summed E-state index contributed by atoms with van der Waals surface area (Å²) >= 11 is 0. The summed E-state index contributed by atoms with van der Waals surface area (Å²) in [5, 5.41) is 7.04. The van der Waals surface area contributed by atoms with Crippen LogP contribution in [0, 0.1) is 6.92 Å². The van der Waals surface area contributed by atoms with E-state index in [-0.39, 0.29) is 0 Å². The number of anilines is 1. The standard InChI is InChI=1S/C25H37N5O2/c1-5-32-23-18-20(11-12-22(23)31-4)9-7-15-27-25(26-3)29-21-13-16-30(17-14-21)24-10-6-8-19(2)28-24/h6,8,10-12,18,21H,5,7,9,13-17H2,1-4H3,(H2,26,27,29). The number of benzene rings is 1. The van der Waals surface area contributed by atoms with Crippen molar-refractivity contribution in [2.24, 2.45) is 4.99 Å². The third kappa shape index (κ3) is 6.77. The third-order valence-electron chi connectivity index (χ3n) is 5.72. The number of aliphatic imine (C=N–C) groups is 1. The topological polar surface area (TPSA) is 71.0 Å². The number of guanidine groups is 1. The highest BCUT2D eigenvalue weighted by Gasteiger charge is 2.20. The van der Waals surface area contributed by atoms with E-state index in [1.54, 1.807) is 7.11 Å². The number of rotatable bonds is 9. The molecule has 7 nitrogen and oxygen atoms in total. The SMILES string of the molecule is CCOc1cc(CCCNC(=NC)NC2CCN(c3cccc(C)n3)CC2)ccc1OC. The first-order valence-electron chi connectivity index (χ1n) is 11.6. The zero-order valence-electron chi connectivity index (χ0n) is 19.9. The lowest BCUT2D eigenvalue weighted by Crippen LogP contribution is -2.49. The fourth-order valence-electron chi connectivity index (χ4n) is 3.99. The summed E-state index contributed by atoms with van der Waals surface area (Å²) in [5.41, 5.74) is 2.31. The molecule has 174 valence electrons. The molecule has 2 heterocycles. The Morgan fingerprint density at radius 1 is 1.19 bits per heavy atom. The maximum Gasteiger partial charge on any atom is 0.191 e. The van der Waals surface area contributed by atoms with Gasteiger partial charge in [-0.05, 0) is 69.4 Å². The zero-order chi connectivity index (χ0) is 22.8. The molecule has 32 heavy (non-hydrogen) atoms. The second-order valence-corrected chi connectivity index (χ2v) is 8.06. The van der Waals surface area contributed by atoms with Crippen molar-refractivity contribution in [3.8, 4) is 11.5 Å². The quantitative estimate of drug-likeness (QED) is 0.354. The Hall–Kier alpha value is -2.96. The van der Waals surface area contributed by atoms with E-state index in [0.29, 0.717) is 12.6 Å². The largest absolute Gasteiger partial charge is 0.493 e. The molecule has 1 aromatic carbocycles. The lowest BCUT2D eigenvalue weighted by molar-refractivity contribution is 0.310. The number of methoxy groups -OCH3 is 1. The van der Waals surface area contributed by atoms with E-state index in [4.69, 9.17) is 9.47 Å². The number of ether oxygens (including phenoxy) is 2. The van der Waals surface area contributed by atoms with Crippen molar-refractivity contribution >= 4 is 11.8 Å². The average molecular weight is 440 g/mol. The normalized spacial score (nSPS) is 14.9.